The van der Waals surface area contributed by atoms with E-state index < -0.39 is 0 Å². The molecule has 3 heterocycles. The molecule has 0 unspecified atom stereocenters. The van der Waals surface area contributed by atoms with Crippen molar-refractivity contribution in [1.82, 2.24) is 29.9 Å². The van der Waals surface area contributed by atoms with Crippen molar-refractivity contribution >= 4 is 22.8 Å². The highest BCUT2D eigenvalue weighted by Gasteiger charge is 2.10. The molecule has 0 aliphatic heterocycles. The van der Waals surface area contributed by atoms with E-state index in [0.29, 0.717) is 18.1 Å². The van der Waals surface area contributed by atoms with Gasteiger partial charge in [0.15, 0.2) is 5.65 Å². The van der Waals surface area contributed by atoms with Crippen LogP contribution < -0.4 is 10.6 Å². The molecule has 0 bridgehead atoms. The van der Waals surface area contributed by atoms with Crippen LogP contribution in [0.3, 0.4) is 0 Å². The molecule has 0 aromatic carbocycles. The van der Waals surface area contributed by atoms with Crippen LogP contribution in [0.25, 0.3) is 11.0 Å². The first-order valence-corrected chi connectivity index (χ1v) is 6.85. The van der Waals surface area contributed by atoms with E-state index in [1.807, 2.05) is 31.8 Å². The van der Waals surface area contributed by atoms with Crippen LogP contribution in [-0.2, 0) is 13.6 Å². The minimum absolute atomic E-state index is 0.583. The van der Waals surface area contributed by atoms with Gasteiger partial charge in [-0.2, -0.15) is 20.2 Å². The van der Waals surface area contributed by atoms with Crippen LogP contribution in [0.2, 0.25) is 0 Å². The topological polar surface area (TPSA) is 96.3 Å². The molecule has 8 heteroatoms. The lowest BCUT2D eigenvalue weighted by molar-refractivity contribution is 0.756. The van der Waals surface area contributed by atoms with E-state index in [2.05, 4.69) is 35.9 Å². The second kappa shape index (κ2) is 5.39. The van der Waals surface area contributed by atoms with E-state index in [1.165, 1.54) is 0 Å². The number of hydrogen-bond donors (Lipinski definition) is 3. The first kappa shape index (κ1) is 13.3. The monoisotopic (exact) mass is 286 g/mol. The summed E-state index contributed by atoms with van der Waals surface area (Å²) >= 11 is 0. The van der Waals surface area contributed by atoms with E-state index in [4.69, 9.17) is 0 Å². The van der Waals surface area contributed by atoms with Crippen molar-refractivity contribution in [3.63, 3.8) is 0 Å². The predicted octanol–water partition coefficient (Wildman–Crippen LogP) is 1.44. The zero-order valence-electron chi connectivity index (χ0n) is 12.3. The molecule has 3 rings (SSSR count). The maximum Gasteiger partial charge on any atom is 0.226 e. The summed E-state index contributed by atoms with van der Waals surface area (Å²) in [5.41, 5.74) is 2.86. The number of nitrogens with one attached hydrogen (secondary N) is 3. The highest BCUT2D eigenvalue weighted by atomic mass is 15.3. The largest absolute Gasteiger partial charge is 0.365 e. The van der Waals surface area contributed by atoms with Crippen molar-refractivity contribution in [2.45, 2.75) is 20.4 Å². The normalized spacial score (nSPS) is 11.0. The van der Waals surface area contributed by atoms with E-state index in [9.17, 15) is 0 Å². The Morgan fingerprint density at radius 2 is 2.14 bits per heavy atom. The van der Waals surface area contributed by atoms with Crippen LogP contribution in [0.1, 0.15) is 18.2 Å². The van der Waals surface area contributed by atoms with Gasteiger partial charge in [0.2, 0.25) is 5.95 Å². The Kier molecular flexibility index (Phi) is 3.43. The standard InChI is InChI=1S/C13H18N8/c1-4-14-13-17-11(10-6-16-19-12(10)18-13)15-5-9-7-21(3)20-8(9)2/h6-7H,4-5H2,1-3H3,(H3,14,15,16,17,18,19). The maximum absolute atomic E-state index is 4.49. The number of anilines is 2. The molecule has 3 N–H and O–H groups in total. The highest BCUT2D eigenvalue weighted by molar-refractivity contribution is 5.86. The number of nitrogens with zero attached hydrogens (tertiary/aromatic N) is 5. The van der Waals surface area contributed by atoms with Crippen molar-refractivity contribution in [2.75, 3.05) is 17.2 Å². The molecule has 3 aromatic rings. The van der Waals surface area contributed by atoms with Gasteiger partial charge >= 0.3 is 0 Å². The van der Waals surface area contributed by atoms with Gasteiger partial charge in [-0.25, -0.2) is 0 Å². The highest BCUT2D eigenvalue weighted by Crippen LogP contribution is 2.20. The van der Waals surface area contributed by atoms with Gasteiger partial charge in [0, 0.05) is 31.9 Å². The van der Waals surface area contributed by atoms with E-state index in [-0.39, 0.29) is 0 Å². The van der Waals surface area contributed by atoms with Gasteiger partial charge in [-0.3, -0.25) is 9.78 Å². The quantitative estimate of drug-likeness (QED) is 0.656. The zero-order valence-corrected chi connectivity index (χ0v) is 12.3. The van der Waals surface area contributed by atoms with Crippen LogP contribution in [-0.4, -0.2) is 36.5 Å². The van der Waals surface area contributed by atoms with Crippen molar-refractivity contribution in [3.8, 4) is 0 Å². The number of aromatic nitrogens is 6. The number of aromatic amines is 1. The van der Waals surface area contributed by atoms with Crippen LogP contribution >= 0.6 is 0 Å². The van der Waals surface area contributed by atoms with Crippen LogP contribution in [0.15, 0.2) is 12.4 Å². The minimum atomic E-state index is 0.583. The molecular weight excluding hydrogens is 268 g/mol. The summed E-state index contributed by atoms with van der Waals surface area (Å²) < 4.78 is 1.81. The van der Waals surface area contributed by atoms with E-state index >= 15 is 0 Å². The molecule has 0 saturated carbocycles. The molecule has 0 aliphatic carbocycles. The summed E-state index contributed by atoms with van der Waals surface area (Å²) in [6, 6.07) is 0. The molecule has 21 heavy (non-hydrogen) atoms. The fraction of sp³-hybridized carbons (Fsp3) is 0.385. The molecule has 3 aromatic heterocycles. The van der Waals surface area contributed by atoms with E-state index in [0.717, 1.165) is 29.0 Å². The molecular formula is C13H18N8. The summed E-state index contributed by atoms with van der Waals surface area (Å²) in [4.78, 5) is 8.86. The Morgan fingerprint density at radius 3 is 2.86 bits per heavy atom. The summed E-state index contributed by atoms with van der Waals surface area (Å²) in [6.07, 6.45) is 3.73. The second-order valence-electron chi connectivity index (χ2n) is 4.83. The number of fused-ring (bicyclic) bond motifs is 1. The SMILES string of the molecule is CCNc1nc(NCc2cn(C)nc2C)c2cn[nH]c2n1. The molecule has 0 amide bonds. The Labute approximate surface area is 122 Å². The van der Waals surface area contributed by atoms with Gasteiger partial charge in [0.25, 0.3) is 0 Å². The molecule has 0 fully saturated rings. The van der Waals surface area contributed by atoms with Crippen molar-refractivity contribution in [2.24, 2.45) is 7.05 Å². The first-order chi connectivity index (χ1) is 10.2. The molecule has 0 aliphatic rings. The lowest BCUT2D eigenvalue weighted by atomic mass is 10.2. The second-order valence-corrected chi connectivity index (χ2v) is 4.83. The smallest absolute Gasteiger partial charge is 0.226 e. The molecule has 0 atom stereocenters. The average Bonchev–Trinajstić information content (AvgIpc) is 3.03. The Hall–Kier alpha value is -2.64. The van der Waals surface area contributed by atoms with Crippen LogP contribution in [0.4, 0.5) is 11.8 Å². The molecule has 0 radical (unpaired) electrons. The third-order valence-electron chi connectivity index (χ3n) is 3.21. The Bertz CT molecular complexity index is 757. The third kappa shape index (κ3) is 2.64. The zero-order chi connectivity index (χ0) is 14.8. The molecule has 8 nitrogen and oxygen atoms in total. The van der Waals surface area contributed by atoms with Crippen molar-refractivity contribution in [1.29, 1.82) is 0 Å². The summed E-state index contributed by atoms with van der Waals surface area (Å²) in [6.45, 7) is 5.42. The first-order valence-electron chi connectivity index (χ1n) is 6.85. The fourth-order valence-corrected chi connectivity index (χ4v) is 2.21. The third-order valence-corrected chi connectivity index (χ3v) is 3.21. The lowest BCUT2D eigenvalue weighted by Crippen LogP contribution is -2.07. The van der Waals surface area contributed by atoms with Crippen molar-refractivity contribution in [3.05, 3.63) is 23.7 Å². The Balaban J connectivity index is 1.88. The van der Waals surface area contributed by atoms with Gasteiger partial charge in [-0.05, 0) is 13.8 Å². The minimum Gasteiger partial charge on any atom is -0.365 e. The van der Waals surface area contributed by atoms with E-state index in [1.54, 1.807) is 6.20 Å². The summed E-state index contributed by atoms with van der Waals surface area (Å²) in [7, 11) is 1.92. The van der Waals surface area contributed by atoms with Gasteiger partial charge in [-0.15, -0.1) is 0 Å². The lowest BCUT2D eigenvalue weighted by Gasteiger charge is -2.08. The van der Waals surface area contributed by atoms with Gasteiger partial charge in [0.05, 0.1) is 17.3 Å². The summed E-state index contributed by atoms with van der Waals surface area (Å²) in [5, 5.41) is 18.6. The molecule has 110 valence electrons. The van der Waals surface area contributed by atoms with Gasteiger partial charge < -0.3 is 10.6 Å². The number of aryl methyl sites for hydroxylation is 2. The predicted molar refractivity (Wildman–Crippen MR) is 81.1 cm³/mol. The van der Waals surface area contributed by atoms with Crippen molar-refractivity contribution < 1.29 is 0 Å². The van der Waals surface area contributed by atoms with Gasteiger partial charge in [0.1, 0.15) is 5.82 Å². The Morgan fingerprint density at radius 1 is 1.29 bits per heavy atom. The average molecular weight is 286 g/mol. The van der Waals surface area contributed by atoms with Crippen LogP contribution in [0, 0.1) is 6.92 Å². The fourth-order valence-electron chi connectivity index (χ4n) is 2.21. The number of H-pyrrole nitrogens is 1. The summed E-state index contributed by atoms with van der Waals surface area (Å²) in [5.74, 6) is 1.34. The molecule has 0 saturated heterocycles. The van der Waals surface area contributed by atoms with Gasteiger partial charge in [-0.1, -0.05) is 0 Å². The van der Waals surface area contributed by atoms with Crippen LogP contribution in [0.5, 0.6) is 0 Å². The molecule has 0 spiro atoms. The maximum atomic E-state index is 4.49. The number of hydrogen-bond acceptors (Lipinski definition) is 6. The number of rotatable bonds is 5.